The Morgan fingerprint density at radius 3 is 2.46 bits per heavy atom. The van der Waals surface area contributed by atoms with E-state index in [1.54, 1.807) is 0 Å². The Morgan fingerprint density at radius 2 is 1.65 bits per heavy atom. The van der Waals surface area contributed by atoms with Gasteiger partial charge in [-0.05, 0) is 66.1 Å². The van der Waals surface area contributed by atoms with Crippen LogP contribution in [0, 0.1) is 0 Å². The first kappa shape index (κ1) is 16.6. The summed E-state index contributed by atoms with van der Waals surface area (Å²) >= 11 is 5.94. The largest absolute Gasteiger partial charge is 0.457 e. The van der Waals surface area contributed by atoms with Crippen molar-refractivity contribution in [2.45, 2.75) is 6.42 Å². The summed E-state index contributed by atoms with van der Waals surface area (Å²) in [6, 6.07) is 23.8. The van der Waals surface area contributed by atoms with Gasteiger partial charge in [-0.3, -0.25) is 4.99 Å². The standard InChI is InChI=1S/C23H18ClNO/c24-19-9-6-17(7-10-19)8-13-23-22-12-11-21(16-18(22)14-15-25-23)26-20-4-2-1-3-5-20/h1-13,16H,14-15H2/b13-8+. The quantitative estimate of drug-likeness (QED) is 0.544. The first-order chi connectivity index (χ1) is 12.8. The van der Waals surface area contributed by atoms with Crippen molar-refractivity contribution in [1.82, 2.24) is 0 Å². The molecule has 26 heavy (non-hydrogen) atoms. The highest BCUT2D eigenvalue weighted by Gasteiger charge is 2.13. The molecular weight excluding hydrogens is 342 g/mol. The van der Waals surface area contributed by atoms with Crippen molar-refractivity contribution in [3.05, 3.63) is 101 Å². The summed E-state index contributed by atoms with van der Waals surface area (Å²) in [5.41, 5.74) is 4.55. The summed E-state index contributed by atoms with van der Waals surface area (Å²) in [5.74, 6) is 1.71. The Hall–Kier alpha value is -2.84. The maximum absolute atomic E-state index is 5.95. The van der Waals surface area contributed by atoms with Crippen molar-refractivity contribution in [2.24, 2.45) is 4.99 Å². The molecule has 0 spiro atoms. The number of para-hydroxylation sites is 1. The van der Waals surface area contributed by atoms with Gasteiger partial charge in [0.25, 0.3) is 0 Å². The molecule has 0 unspecified atom stereocenters. The molecule has 0 saturated heterocycles. The van der Waals surface area contributed by atoms with Gasteiger partial charge >= 0.3 is 0 Å². The van der Waals surface area contributed by atoms with Gasteiger partial charge in [0.15, 0.2) is 0 Å². The van der Waals surface area contributed by atoms with Gasteiger partial charge in [0.1, 0.15) is 11.5 Å². The average molecular weight is 360 g/mol. The molecule has 0 fully saturated rings. The summed E-state index contributed by atoms with van der Waals surface area (Å²) in [5, 5.41) is 0.744. The van der Waals surface area contributed by atoms with E-state index in [9.17, 15) is 0 Å². The lowest BCUT2D eigenvalue weighted by Crippen LogP contribution is -2.10. The molecule has 0 radical (unpaired) electrons. The normalized spacial score (nSPS) is 13.3. The number of ether oxygens (including phenoxy) is 1. The van der Waals surface area contributed by atoms with Gasteiger partial charge in [0.2, 0.25) is 0 Å². The van der Waals surface area contributed by atoms with E-state index in [0.29, 0.717) is 0 Å². The van der Waals surface area contributed by atoms with E-state index in [-0.39, 0.29) is 0 Å². The second-order valence-corrected chi connectivity index (χ2v) is 6.57. The molecule has 0 saturated carbocycles. The second-order valence-electron chi connectivity index (χ2n) is 6.14. The average Bonchev–Trinajstić information content (AvgIpc) is 2.68. The highest BCUT2D eigenvalue weighted by molar-refractivity contribution is 6.30. The van der Waals surface area contributed by atoms with Gasteiger partial charge in [-0.15, -0.1) is 0 Å². The van der Waals surface area contributed by atoms with E-state index in [1.807, 2.05) is 60.7 Å². The zero-order valence-corrected chi connectivity index (χ0v) is 15.0. The number of benzene rings is 3. The van der Waals surface area contributed by atoms with Gasteiger partial charge in [-0.2, -0.15) is 0 Å². The minimum absolute atomic E-state index is 0.744. The van der Waals surface area contributed by atoms with Crippen molar-refractivity contribution < 1.29 is 4.74 Å². The van der Waals surface area contributed by atoms with E-state index in [0.717, 1.165) is 40.8 Å². The van der Waals surface area contributed by atoms with Crippen LogP contribution in [0.4, 0.5) is 0 Å². The smallest absolute Gasteiger partial charge is 0.127 e. The minimum atomic E-state index is 0.744. The van der Waals surface area contributed by atoms with Crippen LogP contribution in [0.2, 0.25) is 5.02 Å². The van der Waals surface area contributed by atoms with Crippen molar-refractivity contribution in [3.63, 3.8) is 0 Å². The van der Waals surface area contributed by atoms with Crippen LogP contribution in [0.3, 0.4) is 0 Å². The maximum atomic E-state index is 5.95. The van der Waals surface area contributed by atoms with Gasteiger partial charge < -0.3 is 4.74 Å². The van der Waals surface area contributed by atoms with Crippen LogP contribution in [0.25, 0.3) is 6.08 Å². The van der Waals surface area contributed by atoms with Gasteiger partial charge in [0, 0.05) is 17.1 Å². The molecule has 4 rings (SSSR count). The molecule has 1 aliphatic heterocycles. The van der Waals surface area contributed by atoms with Crippen LogP contribution < -0.4 is 4.74 Å². The molecule has 1 heterocycles. The molecule has 1 aliphatic rings. The highest BCUT2D eigenvalue weighted by Crippen LogP contribution is 2.26. The van der Waals surface area contributed by atoms with E-state index >= 15 is 0 Å². The number of halogens is 1. The van der Waals surface area contributed by atoms with Crippen molar-refractivity contribution in [1.29, 1.82) is 0 Å². The molecule has 3 heteroatoms. The number of aliphatic imine (C=N–C) groups is 1. The van der Waals surface area contributed by atoms with Crippen LogP contribution in [0.1, 0.15) is 16.7 Å². The monoisotopic (exact) mass is 359 g/mol. The molecule has 3 aromatic carbocycles. The van der Waals surface area contributed by atoms with Gasteiger partial charge in [-0.1, -0.05) is 48.0 Å². The third-order valence-corrected chi connectivity index (χ3v) is 4.55. The molecule has 3 aromatic rings. The second kappa shape index (κ2) is 7.59. The van der Waals surface area contributed by atoms with Gasteiger partial charge in [-0.25, -0.2) is 0 Å². The van der Waals surface area contributed by atoms with E-state index in [2.05, 4.69) is 29.3 Å². The molecular formula is C23H18ClNO. The Balaban J connectivity index is 1.55. The summed E-state index contributed by atoms with van der Waals surface area (Å²) in [6.45, 7) is 0.794. The van der Waals surface area contributed by atoms with Crippen molar-refractivity contribution in [3.8, 4) is 11.5 Å². The topological polar surface area (TPSA) is 21.6 Å². The van der Waals surface area contributed by atoms with Crippen molar-refractivity contribution >= 4 is 23.4 Å². The van der Waals surface area contributed by atoms with Gasteiger partial charge in [0.05, 0.1) is 5.71 Å². The fourth-order valence-electron chi connectivity index (χ4n) is 2.99. The lowest BCUT2D eigenvalue weighted by atomic mass is 9.96. The number of fused-ring (bicyclic) bond motifs is 1. The summed E-state index contributed by atoms with van der Waals surface area (Å²) in [6.07, 6.45) is 5.07. The van der Waals surface area contributed by atoms with Crippen molar-refractivity contribution in [2.75, 3.05) is 6.54 Å². The zero-order chi connectivity index (χ0) is 17.8. The molecule has 0 bridgehead atoms. The number of nitrogens with zero attached hydrogens (tertiary/aromatic N) is 1. The predicted octanol–water partition coefficient (Wildman–Crippen LogP) is 6.19. The Morgan fingerprint density at radius 1 is 0.846 bits per heavy atom. The molecule has 0 amide bonds. The van der Waals surface area contributed by atoms with Crippen LogP contribution in [-0.4, -0.2) is 12.3 Å². The first-order valence-corrected chi connectivity index (χ1v) is 9.00. The fraction of sp³-hybridized carbons (Fsp3) is 0.0870. The fourth-order valence-corrected chi connectivity index (χ4v) is 3.11. The highest BCUT2D eigenvalue weighted by atomic mass is 35.5. The van der Waals surface area contributed by atoms with E-state index in [1.165, 1.54) is 11.1 Å². The lowest BCUT2D eigenvalue weighted by molar-refractivity contribution is 0.482. The number of hydrogen-bond acceptors (Lipinski definition) is 2. The number of allylic oxidation sites excluding steroid dienone is 1. The summed E-state index contributed by atoms with van der Waals surface area (Å²) in [4.78, 5) is 4.68. The third kappa shape index (κ3) is 3.87. The molecule has 2 nitrogen and oxygen atoms in total. The minimum Gasteiger partial charge on any atom is -0.457 e. The molecule has 0 atom stereocenters. The zero-order valence-electron chi connectivity index (χ0n) is 14.2. The van der Waals surface area contributed by atoms with Crippen LogP contribution in [0.5, 0.6) is 11.5 Å². The van der Waals surface area contributed by atoms with Crippen LogP contribution in [-0.2, 0) is 6.42 Å². The van der Waals surface area contributed by atoms with Crippen LogP contribution >= 0.6 is 11.6 Å². The Kier molecular flexibility index (Phi) is 4.85. The summed E-state index contributed by atoms with van der Waals surface area (Å²) < 4.78 is 5.95. The van der Waals surface area contributed by atoms with E-state index < -0.39 is 0 Å². The maximum Gasteiger partial charge on any atom is 0.127 e. The lowest BCUT2D eigenvalue weighted by Gasteiger charge is -2.16. The predicted molar refractivity (Wildman–Crippen MR) is 109 cm³/mol. The number of rotatable bonds is 4. The first-order valence-electron chi connectivity index (χ1n) is 8.62. The summed E-state index contributed by atoms with van der Waals surface area (Å²) in [7, 11) is 0. The molecule has 0 N–H and O–H groups in total. The number of hydrogen-bond donors (Lipinski definition) is 0. The van der Waals surface area contributed by atoms with Crippen LogP contribution in [0.15, 0.2) is 83.9 Å². The Bertz CT molecular complexity index is 959. The third-order valence-electron chi connectivity index (χ3n) is 4.30. The van der Waals surface area contributed by atoms with E-state index in [4.69, 9.17) is 16.3 Å². The molecule has 128 valence electrons. The molecule has 0 aromatic heterocycles. The molecule has 0 aliphatic carbocycles. The SMILES string of the molecule is Clc1ccc(/C=C/C2=NCCc3cc(Oc4ccccc4)ccc32)cc1. The Labute approximate surface area is 158 Å².